The van der Waals surface area contributed by atoms with Crippen LogP contribution >= 0.6 is 11.6 Å². The van der Waals surface area contributed by atoms with E-state index in [1.54, 1.807) is 6.92 Å². The normalized spacial score (nSPS) is 18.8. The molecule has 33 heavy (non-hydrogen) atoms. The summed E-state index contributed by atoms with van der Waals surface area (Å²) in [6.45, 7) is 5.62. The number of alkyl halides is 1. The molecule has 0 unspecified atom stereocenters. The fourth-order valence-corrected chi connectivity index (χ4v) is 4.73. The topological polar surface area (TPSA) is 101 Å². The minimum absolute atomic E-state index is 0.0554. The maximum atomic E-state index is 13.1. The SMILES string of the molecule is CCOC(=O)C1=C(CCl)OC(N)=C(C#N)[C@H]1c1cc2cc(C)ccc2nc1N1CCCCC1. The van der Waals surface area contributed by atoms with E-state index in [0.29, 0.717) is 0 Å². The third-order valence-electron chi connectivity index (χ3n) is 6.06. The molecule has 172 valence electrons. The lowest BCUT2D eigenvalue weighted by atomic mass is 9.82. The number of rotatable bonds is 5. The van der Waals surface area contributed by atoms with E-state index in [2.05, 4.69) is 11.0 Å². The molecule has 1 atom stereocenters. The van der Waals surface area contributed by atoms with Crippen LogP contribution in [-0.4, -0.2) is 36.5 Å². The molecule has 2 aromatic rings. The largest absolute Gasteiger partial charge is 0.463 e. The molecule has 4 rings (SSSR count). The van der Waals surface area contributed by atoms with Crippen LogP contribution in [0.1, 0.15) is 43.2 Å². The summed E-state index contributed by atoms with van der Waals surface area (Å²) in [5.41, 5.74) is 9.16. The number of esters is 1. The molecule has 1 aromatic heterocycles. The van der Waals surface area contributed by atoms with E-state index in [1.807, 2.05) is 31.2 Å². The maximum absolute atomic E-state index is 13.1. The van der Waals surface area contributed by atoms with E-state index in [9.17, 15) is 10.1 Å². The molecule has 8 heteroatoms. The van der Waals surface area contributed by atoms with Gasteiger partial charge in [0.15, 0.2) is 0 Å². The maximum Gasteiger partial charge on any atom is 0.338 e. The fraction of sp³-hybridized carbons (Fsp3) is 0.400. The number of benzene rings is 1. The van der Waals surface area contributed by atoms with Crippen LogP contribution < -0.4 is 10.6 Å². The second-order valence-electron chi connectivity index (χ2n) is 8.26. The van der Waals surface area contributed by atoms with Crippen LogP contribution in [0.5, 0.6) is 0 Å². The molecule has 0 bridgehead atoms. The number of halogens is 1. The third kappa shape index (κ3) is 4.36. The zero-order valence-corrected chi connectivity index (χ0v) is 19.6. The van der Waals surface area contributed by atoms with E-state index in [-0.39, 0.29) is 35.3 Å². The molecule has 0 saturated carbocycles. The number of hydrogen-bond donors (Lipinski definition) is 1. The number of pyridine rings is 1. The lowest BCUT2D eigenvalue weighted by molar-refractivity contribution is -0.139. The monoisotopic (exact) mass is 466 g/mol. The van der Waals surface area contributed by atoms with Gasteiger partial charge in [0, 0.05) is 24.0 Å². The van der Waals surface area contributed by atoms with Crippen molar-refractivity contribution in [3.63, 3.8) is 0 Å². The van der Waals surface area contributed by atoms with Crippen molar-refractivity contribution in [1.82, 2.24) is 4.98 Å². The summed E-state index contributed by atoms with van der Waals surface area (Å²) in [6, 6.07) is 10.2. The smallest absolute Gasteiger partial charge is 0.338 e. The summed E-state index contributed by atoms with van der Waals surface area (Å²) in [7, 11) is 0. The molecule has 7 nitrogen and oxygen atoms in total. The Balaban J connectivity index is 2.01. The number of nitriles is 1. The van der Waals surface area contributed by atoms with Gasteiger partial charge in [-0.15, -0.1) is 11.6 Å². The van der Waals surface area contributed by atoms with Gasteiger partial charge in [0.05, 0.1) is 29.5 Å². The highest BCUT2D eigenvalue weighted by Crippen LogP contribution is 2.44. The molecule has 3 heterocycles. The summed E-state index contributed by atoms with van der Waals surface area (Å²) in [5.74, 6) is -0.554. The van der Waals surface area contributed by atoms with Crippen molar-refractivity contribution in [2.45, 2.75) is 39.0 Å². The standard InChI is InChI=1S/C25H27ClN4O3/c1-3-32-25(31)22-20(13-26)33-23(28)18(14-27)21(22)17-12-16-11-15(2)7-8-19(16)29-24(17)30-9-5-4-6-10-30/h7-8,11-12,21H,3-6,9-10,13,28H2,1-2H3/t21-/m1/s1. The molecule has 0 radical (unpaired) electrons. The Kier molecular flexibility index (Phi) is 6.75. The average Bonchev–Trinajstić information content (AvgIpc) is 2.83. The number of nitrogens with two attached hydrogens (primary N) is 1. The predicted molar refractivity (Wildman–Crippen MR) is 128 cm³/mol. The van der Waals surface area contributed by atoms with Crippen molar-refractivity contribution in [1.29, 1.82) is 5.26 Å². The minimum atomic E-state index is -0.786. The number of carbonyl (C=O) groups excluding carboxylic acids is 1. The second kappa shape index (κ2) is 9.72. The quantitative estimate of drug-likeness (QED) is 0.514. The number of aromatic nitrogens is 1. The van der Waals surface area contributed by atoms with E-state index in [4.69, 9.17) is 31.8 Å². The van der Waals surface area contributed by atoms with Crippen molar-refractivity contribution in [2.24, 2.45) is 5.73 Å². The zero-order chi connectivity index (χ0) is 23.5. The number of carbonyl (C=O) groups is 1. The van der Waals surface area contributed by atoms with Gasteiger partial charge in [-0.05, 0) is 51.3 Å². The Hall–Kier alpha value is -3.24. The first-order valence-electron chi connectivity index (χ1n) is 11.2. The average molecular weight is 467 g/mol. The summed E-state index contributed by atoms with van der Waals surface area (Å²) in [4.78, 5) is 20.3. The van der Waals surface area contributed by atoms with Crippen molar-refractivity contribution in [2.75, 3.05) is 30.5 Å². The highest BCUT2D eigenvalue weighted by Gasteiger charge is 2.39. The fourth-order valence-electron chi connectivity index (χ4n) is 4.53. The van der Waals surface area contributed by atoms with Gasteiger partial charge in [0.25, 0.3) is 0 Å². The van der Waals surface area contributed by atoms with Gasteiger partial charge in [0.1, 0.15) is 23.2 Å². The van der Waals surface area contributed by atoms with Gasteiger partial charge in [-0.25, -0.2) is 9.78 Å². The van der Waals surface area contributed by atoms with Crippen molar-refractivity contribution in [3.05, 3.63) is 58.2 Å². The van der Waals surface area contributed by atoms with E-state index in [1.165, 1.54) is 0 Å². The van der Waals surface area contributed by atoms with Crippen LogP contribution in [-0.2, 0) is 14.3 Å². The minimum Gasteiger partial charge on any atom is -0.463 e. The van der Waals surface area contributed by atoms with E-state index in [0.717, 1.165) is 60.2 Å². The molecule has 0 amide bonds. The van der Waals surface area contributed by atoms with Gasteiger partial charge >= 0.3 is 5.97 Å². The molecular weight excluding hydrogens is 440 g/mol. The molecule has 2 aliphatic heterocycles. The number of fused-ring (bicyclic) bond motifs is 1. The molecule has 2 aliphatic rings. The number of allylic oxidation sites excluding steroid dienone is 2. The van der Waals surface area contributed by atoms with Gasteiger partial charge in [-0.3, -0.25) is 0 Å². The number of ether oxygens (including phenoxy) is 2. The predicted octanol–water partition coefficient (Wildman–Crippen LogP) is 4.40. The molecule has 0 spiro atoms. The zero-order valence-electron chi connectivity index (χ0n) is 18.9. The lowest BCUT2D eigenvalue weighted by Crippen LogP contribution is -2.33. The second-order valence-corrected chi connectivity index (χ2v) is 8.53. The first kappa shape index (κ1) is 22.9. The number of aryl methyl sites for hydroxylation is 1. The summed E-state index contributed by atoms with van der Waals surface area (Å²) in [6.07, 6.45) is 3.27. The molecule has 2 N–H and O–H groups in total. The summed E-state index contributed by atoms with van der Waals surface area (Å²) < 4.78 is 11.0. The van der Waals surface area contributed by atoms with Crippen LogP contribution in [0.4, 0.5) is 5.82 Å². The molecule has 1 aromatic carbocycles. The van der Waals surface area contributed by atoms with Crippen LogP contribution in [0.25, 0.3) is 10.9 Å². The Bertz CT molecular complexity index is 1190. The molecular formula is C25H27ClN4O3. The van der Waals surface area contributed by atoms with Gasteiger partial charge in [0.2, 0.25) is 5.88 Å². The molecule has 0 aliphatic carbocycles. The van der Waals surface area contributed by atoms with Crippen LogP contribution in [0.3, 0.4) is 0 Å². The number of hydrogen-bond acceptors (Lipinski definition) is 7. The number of piperidine rings is 1. The summed E-state index contributed by atoms with van der Waals surface area (Å²) in [5, 5.41) is 11.0. The number of nitrogens with zero attached hydrogens (tertiary/aromatic N) is 3. The van der Waals surface area contributed by atoms with Gasteiger partial charge in [-0.2, -0.15) is 5.26 Å². The van der Waals surface area contributed by atoms with Crippen molar-refractivity contribution < 1.29 is 14.3 Å². The van der Waals surface area contributed by atoms with E-state index < -0.39 is 11.9 Å². The Morgan fingerprint density at radius 3 is 2.76 bits per heavy atom. The van der Waals surface area contributed by atoms with E-state index >= 15 is 0 Å². The van der Waals surface area contributed by atoms with Crippen LogP contribution in [0, 0.1) is 18.3 Å². The Morgan fingerprint density at radius 1 is 1.33 bits per heavy atom. The lowest BCUT2D eigenvalue weighted by Gasteiger charge is -2.33. The first-order chi connectivity index (χ1) is 16.0. The molecule has 1 fully saturated rings. The Labute approximate surface area is 198 Å². The highest BCUT2D eigenvalue weighted by atomic mass is 35.5. The third-order valence-corrected chi connectivity index (χ3v) is 6.30. The molecule has 1 saturated heterocycles. The Morgan fingerprint density at radius 2 is 2.09 bits per heavy atom. The number of anilines is 1. The van der Waals surface area contributed by atoms with Crippen molar-refractivity contribution >= 4 is 34.3 Å². The summed E-state index contributed by atoms with van der Waals surface area (Å²) >= 11 is 6.15. The highest BCUT2D eigenvalue weighted by molar-refractivity contribution is 6.19. The first-order valence-corrected chi connectivity index (χ1v) is 11.7. The van der Waals surface area contributed by atoms with Crippen molar-refractivity contribution in [3.8, 4) is 6.07 Å². The van der Waals surface area contributed by atoms with Gasteiger partial charge in [-0.1, -0.05) is 11.6 Å². The van der Waals surface area contributed by atoms with Crippen LogP contribution in [0.15, 0.2) is 47.1 Å². The van der Waals surface area contributed by atoms with Gasteiger partial charge < -0.3 is 20.1 Å². The van der Waals surface area contributed by atoms with Crippen LogP contribution in [0.2, 0.25) is 0 Å².